The van der Waals surface area contributed by atoms with Gasteiger partial charge >= 0.3 is 0 Å². The van der Waals surface area contributed by atoms with Gasteiger partial charge in [0.25, 0.3) is 5.69 Å². The highest BCUT2D eigenvalue weighted by Gasteiger charge is 2.35. The van der Waals surface area contributed by atoms with Crippen LogP contribution in [0.5, 0.6) is 5.75 Å². The maximum Gasteiger partial charge on any atom is 0.274 e. The Hall–Kier alpha value is -1.66. The molecule has 23 heavy (non-hydrogen) atoms. The van der Waals surface area contributed by atoms with Crippen LogP contribution in [0.1, 0.15) is 43.7 Å². The van der Waals surface area contributed by atoms with Gasteiger partial charge < -0.3 is 10.4 Å². The molecule has 0 aromatic heterocycles. The summed E-state index contributed by atoms with van der Waals surface area (Å²) in [4.78, 5) is 13.6. The number of nitro benzene ring substituents is 1. The number of hydrogen-bond donors (Lipinski definition) is 2. The monoisotopic (exact) mass is 319 g/mol. The minimum absolute atomic E-state index is 0.0323. The minimum atomic E-state index is -0.313. The van der Waals surface area contributed by atoms with Crippen molar-refractivity contribution < 1.29 is 10.0 Å². The summed E-state index contributed by atoms with van der Waals surface area (Å²) in [6, 6.07) is 4.50. The fourth-order valence-corrected chi connectivity index (χ4v) is 4.10. The highest BCUT2D eigenvalue weighted by atomic mass is 16.6. The number of nitrogens with one attached hydrogen (secondary N) is 1. The summed E-state index contributed by atoms with van der Waals surface area (Å²) >= 11 is 0. The lowest BCUT2D eigenvalue weighted by molar-refractivity contribution is -0.386. The van der Waals surface area contributed by atoms with E-state index in [-0.39, 0.29) is 22.4 Å². The predicted octanol–water partition coefficient (Wildman–Crippen LogP) is 2.83. The number of hydrogen-bond acceptors (Lipinski definition) is 5. The second-order valence-corrected chi connectivity index (χ2v) is 6.63. The summed E-state index contributed by atoms with van der Waals surface area (Å²) in [5.41, 5.74) is 0.820. The molecule has 1 heterocycles. The third-order valence-corrected chi connectivity index (χ3v) is 5.17. The second-order valence-electron chi connectivity index (χ2n) is 6.63. The van der Waals surface area contributed by atoms with E-state index in [0.717, 1.165) is 39.0 Å². The van der Waals surface area contributed by atoms with Gasteiger partial charge in [0.2, 0.25) is 0 Å². The largest absolute Gasteiger partial charge is 0.508 e. The molecule has 0 spiro atoms. The van der Waals surface area contributed by atoms with Crippen LogP contribution >= 0.6 is 0 Å². The lowest BCUT2D eigenvalue weighted by Crippen LogP contribution is -2.47. The molecule has 2 fully saturated rings. The van der Waals surface area contributed by atoms with Crippen LogP contribution in [-0.4, -0.2) is 41.1 Å². The molecule has 0 radical (unpaired) electrons. The predicted molar refractivity (Wildman–Crippen MR) is 88.5 cm³/mol. The van der Waals surface area contributed by atoms with Crippen molar-refractivity contribution in [2.45, 2.75) is 38.1 Å². The first kappa shape index (κ1) is 16.2. The lowest BCUT2D eigenvalue weighted by atomic mass is 9.79. The van der Waals surface area contributed by atoms with Crippen LogP contribution in [0.15, 0.2) is 18.2 Å². The summed E-state index contributed by atoms with van der Waals surface area (Å²) in [7, 11) is 0. The summed E-state index contributed by atoms with van der Waals surface area (Å²) in [6.07, 6.45) is 5.87. The zero-order chi connectivity index (χ0) is 16.2. The molecular formula is C17H25N3O3. The zero-order valence-corrected chi connectivity index (χ0v) is 13.4. The van der Waals surface area contributed by atoms with Gasteiger partial charge in [-0.1, -0.05) is 19.3 Å². The molecular weight excluding hydrogens is 294 g/mol. The molecule has 2 aliphatic rings. The first-order valence-corrected chi connectivity index (χ1v) is 8.59. The van der Waals surface area contributed by atoms with Crippen LogP contribution in [0.25, 0.3) is 0 Å². The average Bonchev–Trinajstić information content (AvgIpc) is 2.57. The van der Waals surface area contributed by atoms with Crippen molar-refractivity contribution in [3.05, 3.63) is 33.9 Å². The van der Waals surface area contributed by atoms with Crippen LogP contribution in [-0.2, 0) is 0 Å². The van der Waals surface area contributed by atoms with E-state index in [1.54, 1.807) is 6.07 Å². The van der Waals surface area contributed by atoms with Gasteiger partial charge in [-0.3, -0.25) is 15.0 Å². The number of rotatable bonds is 4. The van der Waals surface area contributed by atoms with Gasteiger partial charge in [0.1, 0.15) is 5.75 Å². The number of piperazine rings is 1. The van der Waals surface area contributed by atoms with Crippen LogP contribution < -0.4 is 5.32 Å². The smallest absolute Gasteiger partial charge is 0.274 e. The molecule has 1 saturated heterocycles. The molecule has 1 saturated carbocycles. The van der Waals surface area contributed by atoms with E-state index in [2.05, 4.69) is 10.2 Å². The van der Waals surface area contributed by atoms with E-state index < -0.39 is 0 Å². The number of benzene rings is 1. The van der Waals surface area contributed by atoms with Crippen molar-refractivity contribution in [3.8, 4) is 5.75 Å². The molecule has 1 aliphatic carbocycles. The van der Waals surface area contributed by atoms with Crippen LogP contribution in [0.4, 0.5) is 5.69 Å². The summed E-state index contributed by atoms with van der Waals surface area (Å²) in [6.45, 7) is 3.62. The van der Waals surface area contributed by atoms with Crippen LogP contribution in [0.2, 0.25) is 0 Å². The number of nitrogens with zero attached hydrogens (tertiary/aromatic N) is 2. The molecule has 1 aliphatic heterocycles. The molecule has 0 unspecified atom stereocenters. The maximum atomic E-state index is 11.5. The normalized spacial score (nSPS) is 21.9. The Kier molecular flexibility index (Phi) is 5.13. The molecule has 0 amide bonds. The Morgan fingerprint density at radius 1 is 1.22 bits per heavy atom. The van der Waals surface area contributed by atoms with Gasteiger partial charge in [-0.05, 0) is 30.9 Å². The molecule has 0 bridgehead atoms. The van der Waals surface area contributed by atoms with Gasteiger partial charge in [-0.15, -0.1) is 0 Å². The van der Waals surface area contributed by atoms with Gasteiger partial charge in [-0.2, -0.15) is 0 Å². The van der Waals surface area contributed by atoms with Gasteiger partial charge in [0, 0.05) is 38.3 Å². The van der Waals surface area contributed by atoms with Gasteiger partial charge in [0.15, 0.2) is 0 Å². The number of phenols is 1. The van der Waals surface area contributed by atoms with E-state index in [9.17, 15) is 15.2 Å². The number of aromatic hydroxyl groups is 1. The summed E-state index contributed by atoms with van der Waals surface area (Å²) in [5.74, 6) is 0.545. The van der Waals surface area contributed by atoms with E-state index >= 15 is 0 Å². The van der Waals surface area contributed by atoms with Crippen molar-refractivity contribution in [3.63, 3.8) is 0 Å². The first-order valence-electron chi connectivity index (χ1n) is 8.59. The van der Waals surface area contributed by atoms with Crippen molar-refractivity contribution in [2.24, 2.45) is 5.92 Å². The maximum absolute atomic E-state index is 11.5. The highest BCUT2D eigenvalue weighted by molar-refractivity contribution is 5.47. The molecule has 126 valence electrons. The molecule has 3 rings (SSSR count). The van der Waals surface area contributed by atoms with Crippen LogP contribution in [0, 0.1) is 16.0 Å². The third-order valence-electron chi connectivity index (χ3n) is 5.17. The Bertz CT molecular complexity index is 534. The van der Waals surface area contributed by atoms with Crippen molar-refractivity contribution >= 4 is 5.69 Å². The van der Waals surface area contributed by atoms with Crippen molar-refractivity contribution in [1.29, 1.82) is 0 Å². The highest BCUT2D eigenvalue weighted by Crippen LogP contribution is 2.42. The van der Waals surface area contributed by atoms with E-state index in [4.69, 9.17) is 0 Å². The van der Waals surface area contributed by atoms with E-state index in [0.29, 0.717) is 11.5 Å². The van der Waals surface area contributed by atoms with Crippen molar-refractivity contribution in [2.75, 3.05) is 26.2 Å². The molecule has 6 heteroatoms. The summed E-state index contributed by atoms with van der Waals surface area (Å²) < 4.78 is 0. The standard InChI is InChI=1S/C17H25N3O3/c21-14-6-7-16(20(22)23)15(12-14)17(13-4-2-1-3-5-13)19-10-8-18-9-11-19/h6-7,12-13,17-18,21H,1-5,8-11H2/t17-/m1/s1. The zero-order valence-electron chi connectivity index (χ0n) is 13.4. The molecule has 6 nitrogen and oxygen atoms in total. The minimum Gasteiger partial charge on any atom is -0.508 e. The Morgan fingerprint density at radius 2 is 1.91 bits per heavy atom. The number of phenolic OH excluding ortho intramolecular Hbond substituents is 1. The first-order chi connectivity index (χ1) is 11.2. The summed E-state index contributed by atoms with van der Waals surface area (Å²) in [5, 5.41) is 24.8. The number of nitro groups is 1. The van der Waals surface area contributed by atoms with Gasteiger partial charge in [0.05, 0.1) is 10.5 Å². The molecule has 2 N–H and O–H groups in total. The Labute approximate surface area is 136 Å². The average molecular weight is 319 g/mol. The molecule has 1 atom stereocenters. The SMILES string of the molecule is O=[N+]([O-])c1ccc(O)cc1[C@@H](C1CCCCC1)N1CCNCC1. The van der Waals surface area contributed by atoms with E-state index in [1.807, 2.05) is 0 Å². The van der Waals surface area contributed by atoms with Crippen LogP contribution in [0.3, 0.4) is 0 Å². The Morgan fingerprint density at radius 3 is 2.57 bits per heavy atom. The van der Waals surface area contributed by atoms with Gasteiger partial charge in [-0.25, -0.2) is 0 Å². The topological polar surface area (TPSA) is 78.6 Å². The fraction of sp³-hybridized carbons (Fsp3) is 0.647. The quantitative estimate of drug-likeness (QED) is 0.659. The molecule has 1 aromatic carbocycles. The third kappa shape index (κ3) is 3.64. The fourth-order valence-electron chi connectivity index (χ4n) is 4.10. The lowest BCUT2D eigenvalue weighted by Gasteiger charge is -2.40. The van der Waals surface area contributed by atoms with Crippen molar-refractivity contribution in [1.82, 2.24) is 10.2 Å². The van der Waals surface area contributed by atoms with E-state index in [1.165, 1.54) is 31.4 Å². The second kappa shape index (κ2) is 7.27. The Balaban J connectivity index is 1.99. The molecule has 1 aromatic rings.